The van der Waals surface area contributed by atoms with Crippen LogP contribution in [0.15, 0.2) is 65.5 Å². The highest BCUT2D eigenvalue weighted by molar-refractivity contribution is 6.02. The second-order valence-electron chi connectivity index (χ2n) is 4.56. The maximum Gasteiger partial charge on any atom is 0.291 e. The Hall–Kier alpha value is -3.15. The van der Waals surface area contributed by atoms with Crippen molar-refractivity contribution in [3.63, 3.8) is 0 Å². The molecule has 0 radical (unpaired) electrons. The van der Waals surface area contributed by atoms with Gasteiger partial charge in [0, 0.05) is 24.6 Å². The van der Waals surface area contributed by atoms with E-state index in [0.717, 1.165) is 5.56 Å². The molecule has 0 spiro atoms. The molecule has 0 saturated carbocycles. The SMILES string of the molecule is O=C(Nc1cccc(CNc2ncccn2)c1)c1ccco1. The third-order valence-corrected chi connectivity index (χ3v) is 2.95. The predicted molar refractivity (Wildman–Crippen MR) is 82.5 cm³/mol. The van der Waals surface area contributed by atoms with Crippen molar-refractivity contribution in [2.45, 2.75) is 6.54 Å². The van der Waals surface area contributed by atoms with Crippen LogP contribution in [0.2, 0.25) is 0 Å². The Morgan fingerprint density at radius 3 is 2.73 bits per heavy atom. The molecule has 0 atom stereocenters. The summed E-state index contributed by atoms with van der Waals surface area (Å²) in [7, 11) is 0. The second kappa shape index (κ2) is 6.53. The maximum atomic E-state index is 11.9. The van der Waals surface area contributed by atoms with Crippen LogP contribution >= 0.6 is 0 Å². The molecule has 2 heterocycles. The second-order valence-corrected chi connectivity index (χ2v) is 4.56. The van der Waals surface area contributed by atoms with Gasteiger partial charge < -0.3 is 15.1 Å². The van der Waals surface area contributed by atoms with Gasteiger partial charge in [0.1, 0.15) is 0 Å². The minimum absolute atomic E-state index is 0.276. The first-order valence-corrected chi connectivity index (χ1v) is 6.76. The van der Waals surface area contributed by atoms with Gasteiger partial charge in [-0.1, -0.05) is 12.1 Å². The summed E-state index contributed by atoms with van der Waals surface area (Å²) >= 11 is 0. The van der Waals surface area contributed by atoms with E-state index >= 15 is 0 Å². The number of benzene rings is 1. The van der Waals surface area contributed by atoms with Crippen LogP contribution in [0.1, 0.15) is 16.1 Å². The summed E-state index contributed by atoms with van der Waals surface area (Å²) in [6, 6.07) is 12.6. The highest BCUT2D eigenvalue weighted by atomic mass is 16.3. The van der Waals surface area contributed by atoms with E-state index < -0.39 is 0 Å². The summed E-state index contributed by atoms with van der Waals surface area (Å²) in [5.74, 6) is 0.565. The number of nitrogens with zero attached hydrogens (tertiary/aromatic N) is 2. The number of carbonyl (C=O) groups excluding carboxylic acids is 1. The number of aromatic nitrogens is 2. The molecule has 22 heavy (non-hydrogen) atoms. The standard InChI is InChI=1S/C16H14N4O2/c21-15(14-6-2-9-22-14)20-13-5-1-4-12(10-13)11-19-16-17-7-3-8-18-16/h1-10H,11H2,(H,20,21)(H,17,18,19). The largest absolute Gasteiger partial charge is 0.459 e. The lowest BCUT2D eigenvalue weighted by atomic mass is 10.2. The lowest BCUT2D eigenvalue weighted by molar-refractivity contribution is 0.0996. The van der Waals surface area contributed by atoms with Crippen molar-refractivity contribution >= 4 is 17.5 Å². The third-order valence-electron chi connectivity index (χ3n) is 2.95. The molecular formula is C16H14N4O2. The Kier molecular flexibility index (Phi) is 4.10. The molecular weight excluding hydrogens is 280 g/mol. The first kappa shape index (κ1) is 13.8. The van der Waals surface area contributed by atoms with E-state index in [0.29, 0.717) is 18.2 Å². The fraction of sp³-hybridized carbons (Fsp3) is 0.0625. The number of anilines is 2. The van der Waals surface area contributed by atoms with Gasteiger partial charge in [-0.05, 0) is 35.9 Å². The van der Waals surface area contributed by atoms with Crippen molar-refractivity contribution < 1.29 is 9.21 Å². The van der Waals surface area contributed by atoms with Gasteiger partial charge >= 0.3 is 0 Å². The van der Waals surface area contributed by atoms with Crippen LogP contribution in [0, 0.1) is 0 Å². The van der Waals surface area contributed by atoms with Gasteiger partial charge in [0.05, 0.1) is 6.26 Å². The summed E-state index contributed by atoms with van der Waals surface area (Å²) in [6.45, 7) is 0.564. The zero-order valence-electron chi connectivity index (χ0n) is 11.7. The van der Waals surface area contributed by atoms with E-state index in [-0.39, 0.29) is 11.7 Å². The maximum absolute atomic E-state index is 11.9. The third kappa shape index (κ3) is 3.49. The molecule has 3 aromatic rings. The number of furan rings is 1. The fourth-order valence-corrected chi connectivity index (χ4v) is 1.93. The van der Waals surface area contributed by atoms with Crippen molar-refractivity contribution in [2.24, 2.45) is 0 Å². The van der Waals surface area contributed by atoms with Gasteiger partial charge in [-0.2, -0.15) is 0 Å². The van der Waals surface area contributed by atoms with E-state index in [1.54, 1.807) is 30.6 Å². The van der Waals surface area contributed by atoms with E-state index in [9.17, 15) is 4.79 Å². The number of rotatable bonds is 5. The molecule has 0 saturated heterocycles. The van der Waals surface area contributed by atoms with Gasteiger partial charge in [0.25, 0.3) is 5.91 Å². The monoisotopic (exact) mass is 294 g/mol. The number of hydrogen-bond donors (Lipinski definition) is 2. The van der Waals surface area contributed by atoms with Crippen molar-refractivity contribution in [1.82, 2.24) is 9.97 Å². The van der Waals surface area contributed by atoms with E-state index in [2.05, 4.69) is 20.6 Å². The summed E-state index contributed by atoms with van der Waals surface area (Å²) in [4.78, 5) is 20.1. The molecule has 2 N–H and O–H groups in total. The summed E-state index contributed by atoms with van der Waals surface area (Å²) in [5.41, 5.74) is 1.71. The zero-order valence-corrected chi connectivity index (χ0v) is 11.7. The topological polar surface area (TPSA) is 80.0 Å². The number of hydrogen-bond acceptors (Lipinski definition) is 5. The Morgan fingerprint density at radius 2 is 1.95 bits per heavy atom. The van der Waals surface area contributed by atoms with Crippen LogP contribution in [-0.4, -0.2) is 15.9 Å². The van der Waals surface area contributed by atoms with Gasteiger partial charge in [0.2, 0.25) is 5.95 Å². The zero-order chi connectivity index (χ0) is 15.2. The highest BCUT2D eigenvalue weighted by Crippen LogP contribution is 2.13. The quantitative estimate of drug-likeness (QED) is 0.756. The molecule has 0 fully saturated rings. The van der Waals surface area contributed by atoms with Crippen molar-refractivity contribution in [2.75, 3.05) is 10.6 Å². The molecule has 2 aromatic heterocycles. The molecule has 0 aliphatic carbocycles. The summed E-state index contributed by atoms with van der Waals surface area (Å²) < 4.78 is 5.06. The van der Waals surface area contributed by atoms with E-state index in [4.69, 9.17) is 4.42 Å². The minimum Gasteiger partial charge on any atom is -0.459 e. The Bertz CT molecular complexity index is 742. The average Bonchev–Trinajstić information content (AvgIpc) is 3.09. The molecule has 1 aromatic carbocycles. The fourth-order valence-electron chi connectivity index (χ4n) is 1.93. The molecule has 3 rings (SSSR count). The number of nitrogens with one attached hydrogen (secondary N) is 2. The number of carbonyl (C=O) groups is 1. The smallest absolute Gasteiger partial charge is 0.291 e. The Morgan fingerprint density at radius 1 is 1.09 bits per heavy atom. The first-order chi connectivity index (χ1) is 10.8. The molecule has 1 amide bonds. The minimum atomic E-state index is -0.276. The Labute approximate surface area is 127 Å². The van der Waals surface area contributed by atoms with E-state index in [1.165, 1.54) is 6.26 Å². The van der Waals surface area contributed by atoms with Crippen LogP contribution in [-0.2, 0) is 6.54 Å². The van der Waals surface area contributed by atoms with Gasteiger partial charge in [-0.15, -0.1) is 0 Å². The molecule has 6 nitrogen and oxygen atoms in total. The van der Waals surface area contributed by atoms with Crippen LogP contribution in [0.25, 0.3) is 0 Å². The molecule has 110 valence electrons. The predicted octanol–water partition coefficient (Wildman–Crippen LogP) is 2.93. The number of amides is 1. The van der Waals surface area contributed by atoms with Crippen molar-refractivity contribution in [3.05, 3.63) is 72.4 Å². The lowest BCUT2D eigenvalue weighted by Gasteiger charge is -2.07. The summed E-state index contributed by atoms with van der Waals surface area (Å²) in [5, 5.41) is 5.91. The van der Waals surface area contributed by atoms with Gasteiger partial charge in [0.15, 0.2) is 5.76 Å². The van der Waals surface area contributed by atoms with Crippen LogP contribution < -0.4 is 10.6 Å². The normalized spacial score (nSPS) is 10.2. The average molecular weight is 294 g/mol. The van der Waals surface area contributed by atoms with Gasteiger partial charge in [-0.25, -0.2) is 9.97 Å². The lowest BCUT2D eigenvalue weighted by Crippen LogP contribution is -2.11. The molecule has 0 aliphatic heterocycles. The van der Waals surface area contributed by atoms with Crippen LogP contribution in [0.5, 0.6) is 0 Å². The molecule has 0 aliphatic rings. The molecule has 6 heteroatoms. The van der Waals surface area contributed by atoms with Crippen molar-refractivity contribution in [1.29, 1.82) is 0 Å². The molecule has 0 unspecified atom stereocenters. The first-order valence-electron chi connectivity index (χ1n) is 6.76. The highest BCUT2D eigenvalue weighted by Gasteiger charge is 2.08. The van der Waals surface area contributed by atoms with Gasteiger partial charge in [-0.3, -0.25) is 4.79 Å². The summed E-state index contributed by atoms with van der Waals surface area (Å²) in [6.07, 6.45) is 4.82. The van der Waals surface area contributed by atoms with Crippen LogP contribution in [0.4, 0.5) is 11.6 Å². The van der Waals surface area contributed by atoms with Crippen molar-refractivity contribution in [3.8, 4) is 0 Å². The Balaban J connectivity index is 1.64. The molecule has 0 bridgehead atoms. The van der Waals surface area contributed by atoms with E-state index in [1.807, 2.05) is 24.3 Å². The van der Waals surface area contributed by atoms with Crippen LogP contribution in [0.3, 0.4) is 0 Å².